The second-order valence-electron chi connectivity index (χ2n) is 7.55. The molecule has 0 N–H and O–H groups in total. The Balaban J connectivity index is 1.63. The summed E-state index contributed by atoms with van der Waals surface area (Å²) in [6, 6.07) is 0.586. The average molecular weight is 342 g/mol. The first-order valence-electron chi connectivity index (χ1n) is 9.05. The number of hydrogen-bond donors (Lipinski definition) is 0. The Hall–Kier alpha value is -0.430. The fourth-order valence-electron chi connectivity index (χ4n) is 4.49. The van der Waals surface area contributed by atoms with Crippen LogP contribution in [-0.2, 0) is 10.2 Å². The number of rotatable bonds is 4. The highest BCUT2D eigenvalue weighted by molar-refractivity contribution is 7.86. The third-order valence-corrected chi connectivity index (χ3v) is 7.71. The van der Waals surface area contributed by atoms with Crippen LogP contribution in [-0.4, -0.2) is 68.2 Å². The predicted molar refractivity (Wildman–Crippen MR) is 93.4 cm³/mol. The molecular formula is C17H31N3O2S. The van der Waals surface area contributed by atoms with E-state index in [0.29, 0.717) is 25.0 Å². The zero-order valence-electron chi connectivity index (χ0n) is 14.5. The highest BCUT2D eigenvalue weighted by Crippen LogP contribution is 2.33. The summed E-state index contributed by atoms with van der Waals surface area (Å²) in [4.78, 5) is 2.68. The molecule has 3 rings (SSSR count). The second kappa shape index (κ2) is 7.21. The fraction of sp³-hybridized carbons (Fsp3) is 0.882. The molecule has 0 aromatic heterocycles. The number of piperidine rings is 2. The van der Waals surface area contributed by atoms with E-state index < -0.39 is 10.2 Å². The van der Waals surface area contributed by atoms with Crippen molar-refractivity contribution in [1.29, 1.82) is 0 Å². The highest BCUT2D eigenvalue weighted by Gasteiger charge is 2.40. The molecule has 0 bridgehead atoms. The van der Waals surface area contributed by atoms with Crippen LogP contribution in [0.2, 0.25) is 0 Å². The van der Waals surface area contributed by atoms with Gasteiger partial charge < -0.3 is 0 Å². The lowest BCUT2D eigenvalue weighted by Crippen LogP contribution is -2.57. The molecule has 2 fully saturated rings. The van der Waals surface area contributed by atoms with Gasteiger partial charge in [-0.15, -0.1) is 0 Å². The van der Waals surface area contributed by atoms with Crippen LogP contribution in [0.25, 0.3) is 0 Å². The number of likely N-dealkylation sites (tertiary alicyclic amines) is 1. The monoisotopic (exact) mass is 341 g/mol. The highest BCUT2D eigenvalue weighted by atomic mass is 32.2. The molecule has 2 aliphatic heterocycles. The van der Waals surface area contributed by atoms with Gasteiger partial charge in [0.25, 0.3) is 10.2 Å². The number of fused-ring (bicyclic) bond motifs is 1. The van der Waals surface area contributed by atoms with Gasteiger partial charge in [0.15, 0.2) is 0 Å². The van der Waals surface area contributed by atoms with Crippen molar-refractivity contribution in [2.45, 2.75) is 44.6 Å². The normalized spacial score (nSPS) is 33.8. The quantitative estimate of drug-likeness (QED) is 0.734. The van der Waals surface area contributed by atoms with Crippen LogP contribution in [0.5, 0.6) is 0 Å². The first-order valence-corrected chi connectivity index (χ1v) is 10.4. The van der Waals surface area contributed by atoms with E-state index in [9.17, 15) is 8.42 Å². The molecule has 6 heteroatoms. The maximum absolute atomic E-state index is 12.4. The molecule has 0 spiro atoms. The molecule has 0 radical (unpaired) electrons. The van der Waals surface area contributed by atoms with Crippen molar-refractivity contribution in [1.82, 2.24) is 13.5 Å². The van der Waals surface area contributed by atoms with Crippen molar-refractivity contribution in [3.63, 3.8) is 0 Å². The summed E-state index contributed by atoms with van der Waals surface area (Å²) in [5, 5.41) is 0. The van der Waals surface area contributed by atoms with Crippen LogP contribution in [0.3, 0.4) is 0 Å². The molecule has 0 amide bonds. The lowest BCUT2D eigenvalue weighted by atomic mass is 9.83. The van der Waals surface area contributed by atoms with Crippen LogP contribution in [0.4, 0.5) is 0 Å². The van der Waals surface area contributed by atoms with E-state index in [4.69, 9.17) is 0 Å². The first kappa shape index (κ1) is 17.4. The SMILES string of the molecule is CN(C)S(=O)(=O)N1CC[C@H]2[C@H](CCCN2CC2CC=CCC2)C1. The molecule has 0 saturated carbocycles. The molecule has 2 heterocycles. The number of nitrogens with zero attached hydrogens (tertiary/aromatic N) is 3. The molecule has 1 unspecified atom stereocenters. The Morgan fingerprint density at radius 2 is 1.96 bits per heavy atom. The molecule has 3 aliphatic rings. The van der Waals surface area contributed by atoms with Gasteiger partial charge >= 0.3 is 0 Å². The summed E-state index contributed by atoms with van der Waals surface area (Å²) in [7, 11) is 0.00412. The minimum atomic E-state index is -3.26. The molecule has 2 saturated heterocycles. The van der Waals surface area contributed by atoms with Crippen molar-refractivity contribution < 1.29 is 8.42 Å². The van der Waals surface area contributed by atoms with E-state index in [2.05, 4.69) is 17.1 Å². The Morgan fingerprint density at radius 1 is 1.13 bits per heavy atom. The zero-order valence-corrected chi connectivity index (χ0v) is 15.3. The molecule has 0 aromatic carbocycles. The number of allylic oxidation sites excluding steroid dienone is 2. The Labute approximate surface area is 141 Å². The third kappa shape index (κ3) is 3.81. The van der Waals surface area contributed by atoms with E-state index in [-0.39, 0.29) is 0 Å². The van der Waals surface area contributed by atoms with Gasteiger partial charge in [0.2, 0.25) is 0 Å². The van der Waals surface area contributed by atoms with Crippen LogP contribution < -0.4 is 0 Å². The van der Waals surface area contributed by atoms with Gasteiger partial charge in [0.05, 0.1) is 0 Å². The first-order chi connectivity index (χ1) is 11.0. The summed E-state index contributed by atoms with van der Waals surface area (Å²) in [6.07, 6.45) is 11.8. The summed E-state index contributed by atoms with van der Waals surface area (Å²) >= 11 is 0. The molecule has 23 heavy (non-hydrogen) atoms. The maximum atomic E-state index is 12.4. The average Bonchev–Trinajstić information content (AvgIpc) is 2.55. The van der Waals surface area contributed by atoms with E-state index >= 15 is 0 Å². The third-order valence-electron chi connectivity index (χ3n) is 5.80. The molecule has 0 aromatic rings. The molecule has 132 valence electrons. The van der Waals surface area contributed by atoms with Crippen molar-refractivity contribution in [2.24, 2.45) is 11.8 Å². The van der Waals surface area contributed by atoms with Gasteiger partial charge in [-0.2, -0.15) is 17.0 Å². The van der Waals surface area contributed by atoms with Crippen LogP contribution in [0.15, 0.2) is 12.2 Å². The van der Waals surface area contributed by atoms with Gasteiger partial charge in [-0.25, -0.2) is 0 Å². The zero-order chi connectivity index (χ0) is 16.4. The topological polar surface area (TPSA) is 43.9 Å². The van der Waals surface area contributed by atoms with E-state index in [1.54, 1.807) is 18.4 Å². The van der Waals surface area contributed by atoms with Gasteiger partial charge in [0, 0.05) is 39.8 Å². The summed E-state index contributed by atoms with van der Waals surface area (Å²) < 4.78 is 27.8. The van der Waals surface area contributed by atoms with Crippen LogP contribution in [0.1, 0.15) is 38.5 Å². The smallest absolute Gasteiger partial charge is 0.281 e. The summed E-state index contributed by atoms with van der Waals surface area (Å²) in [5.41, 5.74) is 0. The van der Waals surface area contributed by atoms with Gasteiger partial charge in [0.1, 0.15) is 0 Å². The van der Waals surface area contributed by atoms with Crippen molar-refractivity contribution in [3.8, 4) is 0 Å². The molecular weight excluding hydrogens is 310 g/mol. The van der Waals surface area contributed by atoms with Crippen molar-refractivity contribution >= 4 is 10.2 Å². The Bertz CT molecular complexity index is 532. The second-order valence-corrected chi connectivity index (χ2v) is 9.69. The Morgan fingerprint density at radius 3 is 2.65 bits per heavy atom. The lowest BCUT2D eigenvalue weighted by molar-refractivity contribution is 0.0339. The minimum absolute atomic E-state index is 0.506. The lowest BCUT2D eigenvalue weighted by Gasteiger charge is -2.48. The van der Waals surface area contributed by atoms with Crippen LogP contribution in [0, 0.1) is 11.8 Å². The van der Waals surface area contributed by atoms with E-state index in [0.717, 1.165) is 12.3 Å². The summed E-state index contributed by atoms with van der Waals surface area (Å²) in [6.45, 7) is 3.77. The van der Waals surface area contributed by atoms with Crippen molar-refractivity contribution in [3.05, 3.63) is 12.2 Å². The van der Waals surface area contributed by atoms with Crippen molar-refractivity contribution in [2.75, 3.05) is 40.3 Å². The minimum Gasteiger partial charge on any atom is -0.300 e. The molecule has 1 aliphatic carbocycles. The van der Waals surface area contributed by atoms with E-state index in [1.807, 2.05) is 0 Å². The fourth-order valence-corrected chi connectivity index (χ4v) is 5.67. The van der Waals surface area contributed by atoms with E-state index in [1.165, 1.54) is 49.5 Å². The van der Waals surface area contributed by atoms with Gasteiger partial charge in [-0.1, -0.05) is 12.2 Å². The summed E-state index contributed by atoms with van der Waals surface area (Å²) in [5.74, 6) is 1.30. The van der Waals surface area contributed by atoms with Crippen LogP contribution >= 0.6 is 0 Å². The largest absolute Gasteiger partial charge is 0.300 e. The van der Waals surface area contributed by atoms with Gasteiger partial charge in [-0.3, -0.25) is 4.90 Å². The number of hydrogen-bond acceptors (Lipinski definition) is 3. The molecule has 3 atom stereocenters. The molecule has 5 nitrogen and oxygen atoms in total. The predicted octanol–water partition coefficient (Wildman–Crippen LogP) is 1.94. The maximum Gasteiger partial charge on any atom is 0.281 e. The standard InChI is InChI=1S/C17H31N3O2S/c1-18(2)23(21,22)20-12-10-17-16(14-20)9-6-11-19(17)13-15-7-4-3-5-8-15/h3-4,15-17H,5-14H2,1-2H3/t15?,16-,17+/m1/s1. The van der Waals surface area contributed by atoms with Gasteiger partial charge in [-0.05, 0) is 56.9 Å². The Kier molecular flexibility index (Phi) is 5.46.